The molecule has 2 aromatic carbocycles. The minimum Gasteiger partial charge on any atom is -0.395 e. The molecule has 0 unspecified atom stereocenters. The van der Waals surface area contributed by atoms with E-state index in [4.69, 9.17) is 5.73 Å². The van der Waals surface area contributed by atoms with Crippen molar-refractivity contribution in [1.29, 1.82) is 0 Å². The molecule has 150 valence electrons. The average molecular weight is 452 g/mol. The van der Waals surface area contributed by atoms with Crippen LogP contribution in [0.5, 0.6) is 0 Å². The van der Waals surface area contributed by atoms with Gasteiger partial charge in [0, 0.05) is 41.8 Å². The summed E-state index contributed by atoms with van der Waals surface area (Å²) in [6.45, 7) is 0.304. The minimum absolute atomic E-state index is 0.0287. The molecule has 0 radical (unpaired) electrons. The standard InChI is InChI=1S/C20H23BrFN3O3/c21-16-6-7-18(22)15(12-16)13-24(10-11-26)14-20(28)25(9-8-19(23)27)17-4-2-1-3-5-17/h1-7,12,26H,8-11,13-14H2,(H2,23,27). The van der Waals surface area contributed by atoms with Crippen molar-refractivity contribution in [2.24, 2.45) is 5.73 Å². The molecule has 0 aliphatic carbocycles. The number of hydrogen-bond donors (Lipinski definition) is 2. The van der Waals surface area contributed by atoms with Crippen LogP contribution in [0.15, 0.2) is 53.0 Å². The third-order valence-electron chi connectivity index (χ3n) is 4.13. The largest absolute Gasteiger partial charge is 0.395 e. The maximum Gasteiger partial charge on any atom is 0.241 e. The van der Waals surface area contributed by atoms with Gasteiger partial charge in [0.05, 0.1) is 13.2 Å². The van der Waals surface area contributed by atoms with Crippen molar-refractivity contribution < 1.29 is 19.1 Å². The van der Waals surface area contributed by atoms with Gasteiger partial charge in [-0.05, 0) is 30.3 Å². The SMILES string of the molecule is NC(=O)CCN(C(=O)CN(CCO)Cc1cc(Br)ccc1F)c1ccccc1. The maximum absolute atomic E-state index is 14.1. The molecule has 8 heteroatoms. The van der Waals surface area contributed by atoms with Crippen molar-refractivity contribution in [3.63, 3.8) is 0 Å². The van der Waals surface area contributed by atoms with Crippen molar-refractivity contribution >= 4 is 33.4 Å². The lowest BCUT2D eigenvalue weighted by Gasteiger charge is -2.27. The maximum atomic E-state index is 14.1. The molecule has 3 N–H and O–H groups in total. The Morgan fingerprint density at radius 2 is 1.82 bits per heavy atom. The Bertz CT molecular complexity index is 805. The summed E-state index contributed by atoms with van der Waals surface area (Å²) in [7, 11) is 0. The molecular formula is C20H23BrFN3O3. The Hall–Kier alpha value is -2.29. The number of amides is 2. The zero-order valence-electron chi connectivity index (χ0n) is 15.4. The summed E-state index contributed by atoms with van der Waals surface area (Å²) in [5, 5.41) is 9.35. The molecule has 0 fully saturated rings. The second-order valence-electron chi connectivity index (χ2n) is 6.27. The fourth-order valence-corrected chi connectivity index (χ4v) is 3.17. The van der Waals surface area contributed by atoms with E-state index in [0.29, 0.717) is 11.3 Å². The van der Waals surface area contributed by atoms with E-state index < -0.39 is 5.91 Å². The highest BCUT2D eigenvalue weighted by Crippen LogP contribution is 2.18. The molecule has 0 saturated carbocycles. The van der Waals surface area contributed by atoms with Crippen molar-refractivity contribution in [1.82, 2.24) is 4.90 Å². The molecule has 2 aromatic rings. The number of nitrogens with two attached hydrogens (primary N) is 1. The number of carbonyl (C=O) groups excluding carboxylic acids is 2. The highest BCUT2D eigenvalue weighted by molar-refractivity contribution is 9.10. The molecule has 6 nitrogen and oxygen atoms in total. The van der Waals surface area contributed by atoms with E-state index in [9.17, 15) is 19.1 Å². The van der Waals surface area contributed by atoms with E-state index in [0.717, 1.165) is 4.47 Å². The van der Waals surface area contributed by atoms with Crippen molar-refractivity contribution in [2.45, 2.75) is 13.0 Å². The molecule has 28 heavy (non-hydrogen) atoms. The van der Waals surface area contributed by atoms with Gasteiger partial charge in [-0.2, -0.15) is 0 Å². The van der Waals surface area contributed by atoms with Crippen molar-refractivity contribution in [2.75, 3.05) is 31.1 Å². The van der Waals surface area contributed by atoms with E-state index in [1.165, 1.54) is 11.0 Å². The highest BCUT2D eigenvalue weighted by Gasteiger charge is 2.20. The molecule has 0 spiro atoms. The topological polar surface area (TPSA) is 86.9 Å². The van der Waals surface area contributed by atoms with Gasteiger partial charge >= 0.3 is 0 Å². The van der Waals surface area contributed by atoms with E-state index >= 15 is 0 Å². The number of hydrogen-bond acceptors (Lipinski definition) is 4. The first-order chi connectivity index (χ1) is 13.4. The fourth-order valence-electron chi connectivity index (χ4n) is 2.77. The van der Waals surface area contributed by atoms with Crippen LogP contribution in [-0.4, -0.2) is 48.1 Å². The summed E-state index contributed by atoms with van der Waals surface area (Å²) in [6.07, 6.45) is 0.0287. The molecule has 0 aliphatic rings. The summed E-state index contributed by atoms with van der Waals surface area (Å²) in [4.78, 5) is 27.3. The molecule has 0 saturated heterocycles. The van der Waals surface area contributed by atoms with Crippen molar-refractivity contribution in [3.8, 4) is 0 Å². The Morgan fingerprint density at radius 3 is 2.46 bits per heavy atom. The zero-order valence-corrected chi connectivity index (χ0v) is 16.9. The molecule has 2 amide bonds. The number of halogens is 2. The van der Waals surface area contributed by atoms with Gasteiger partial charge in [0.1, 0.15) is 5.82 Å². The van der Waals surface area contributed by atoms with Crippen LogP contribution in [0.3, 0.4) is 0 Å². The first-order valence-corrected chi connectivity index (χ1v) is 9.61. The molecule has 0 aromatic heterocycles. The van der Waals surface area contributed by atoms with Crippen LogP contribution in [0.1, 0.15) is 12.0 Å². The lowest BCUT2D eigenvalue weighted by atomic mass is 10.2. The monoisotopic (exact) mass is 451 g/mol. The first kappa shape index (κ1) is 22.0. The number of carbonyl (C=O) groups is 2. The normalized spacial score (nSPS) is 10.9. The lowest BCUT2D eigenvalue weighted by molar-refractivity contribution is -0.120. The van der Waals surface area contributed by atoms with Gasteiger partial charge in [-0.1, -0.05) is 34.1 Å². The molecule has 0 aliphatic heterocycles. The average Bonchev–Trinajstić information content (AvgIpc) is 2.65. The number of primary amides is 1. The Balaban J connectivity index is 2.16. The van der Waals surface area contributed by atoms with E-state index in [-0.39, 0.29) is 50.9 Å². The van der Waals surface area contributed by atoms with Crippen LogP contribution in [0.25, 0.3) is 0 Å². The Kier molecular flexibility index (Phi) is 8.56. The van der Waals surface area contributed by atoms with Crippen LogP contribution in [0.2, 0.25) is 0 Å². The number of aliphatic hydroxyl groups excluding tert-OH is 1. The number of para-hydroxylation sites is 1. The molecule has 0 heterocycles. The van der Waals surface area contributed by atoms with Crippen LogP contribution in [0, 0.1) is 5.82 Å². The Morgan fingerprint density at radius 1 is 1.11 bits per heavy atom. The predicted octanol–water partition coefficient (Wildman–Crippen LogP) is 2.29. The third-order valence-corrected chi connectivity index (χ3v) is 4.62. The van der Waals surface area contributed by atoms with Crippen LogP contribution < -0.4 is 10.6 Å². The van der Waals surface area contributed by atoms with E-state index in [2.05, 4.69) is 15.9 Å². The van der Waals surface area contributed by atoms with Gasteiger partial charge in [0.2, 0.25) is 11.8 Å². The van der Waals surface area contributed by atoms with E-state index in [1.54, 1.807) is 41.3 Å². The second-order valence-corrected chi connectivity index (χ2v) is 7.18. The predicted molar refractivity (Wildman–Crippen MR) is 109 cm³/mol. The zero-order chi connectivity index (χ0) is 20.5. The highest BCUT2D eigenvalue weighted by atomic mass is 79.9. The number of nitrogens with zero attached hydrogens (tertiary/aromatic N) is 2. The number of anilines is 1. The third kappa shape index (κ3) is 6.70. The van der Waals surface area contributed by atoms with Gasteiger partial charge in [-0.3, -0.25) is 14.5 Å². The number of aliphatic hydroxyl groups is 1. The van der Waals surface area contributed by atoms with Crippen LogP contribution >= 0.6 is 15.9 Å². The van der Waals surface area contributed by atoms with Gasteiger partial charge in [0.15, 0.2) is 0 Å². The van der Waals surface area contributed by atoms with Crippen LogP contribution in [0.4, 0.5) is 10.1 Å². The summed E-state index contributed by atoms with van der Waals surface area (Å²) < 4.78 is 14.8. The Labute approximate surface area is 171 Å². The smallest absolute Gasteiger partial charge is 0.241 e. The summed E-state index contributed by atoms with van der Waals surface area (Å²) in [6, 6.07) is 13.5. The summed E-state index contributed by atoms with van der Waals surface area (Å²) in [5.74, 6) is -1.15. The quantitative estimate of drug-likeness (QED) is 0.579. The second kappa shape index (κ2) is 10.9. The summed E-state index contributed by atoms with van der Waals surface area (Å²) in [5.41, 5.74) is 6.29. The van der Waals surface area contributed by atoms with Gasteiger partial charge in [0.25, 0.3) is 0 Å². The number of rotatable bonds is 10. The fraction of sp³-hybridized carbons (Fsp3) is 0.300. The van der Waals surface area contributed by atoms with Gasteiger partial charge in [-0.25, -0.2) is 4.39 Å². The van der Waals surface area contributed by atoms with Crippen LogP contribution in [-0.2, 0) is 16.1 Å². The summed E-state index contributed by atoms with van der Waals surface area (Å²) >= 11 is 3.31. The molecule has 2 rings (SSSR count). The first-order valence-electron chi connectivity index (χ1n) is 8.81. The molecule has 0 atom stereocenters. The van der Waals surface area contributed by atoms with Crippen molar-refractivity contribution in [3.05, 3.63) is 64.4 Å². The number of benzene rings is 2. The van der Waals surface area contributed by atoms with Gasteiger partial charge in [-0.15, -0.1) is 0 Å². The molecule has 0 bridgehead atoms. The minimum atomic E-state index is -0.503. The lowest BCUT2D eigenvalue weighted by Crippen LogP contribution is -2.42. The van der Waals surface area contributed by atoms with Gasteiger partial charge < -0.3 is 15.7 Å². The molecular weight excluding hydrogens is 429 g/mol. The van der Waals surface area contributed by atoms with E-state index in [1.807, 2.05) is 6.07 Å².